The molecule has 1 atom stereocenters. The van der Waals surface area contributed by atoms with Gasteiger partial charge in [-0.25, -0.2) is 0 Å². The van der Waals surface area contributed by atoms with Crippen molar-refractivity contribution in [3.05, 3.63) is 29.3 Å². The largest absolute Gasteiger partial charge is 0.494 e. The van der Waals surface area contributed by atoms with Crippen molar-refractivity contribution in [1.82, 2.24) is 4.90 Å². The number of hydrogen-bond acceptors (Lipinski definition) is 3. The van der Waals surface area contributed by atoms with E-state index in [4.69, 9.17) is 10.5 Å². The first kappa shape index (κ1) is 15.5. The van der Waals surface area contributed by atoms with Crippen LogP contribution in [0.15, 0.2) is 18.2 Å². The van der Waals surface area contributed by atoms with Crippen molar-refractivity contribution in [3.8, 4) is 5.75 Å². The van der Waals surface area contributed by atoms with E-state index in [-0.39, 0.29) is 11.9 Å². The van der Waals surface area contributed by atoms with Crippen molar-refractivity contribution in [1.29, 1.82) is 0 Å². The van der Waals surface area contributed by atoms with Crippen molar-refractivity contribution >= 4 is 5.91 Å². The lowest BCUT2D eigenvalue weighted by molar-refractivity contribution is -0.130. The maximum atomic E-state index is 11.8. The first-order valence-corrected chi connectivity index (χ1v) is 6.66. The summed E-state index contributed by atoms with van der Waals surface area (Å²) >= 11 is 0. The van der Waals surface area contributed by atoms with Gasteiger partial charge in [-0.15, -0.1) is 0 Å². The monoisotopic (exact) mass is 264 g/mol. The maximum absolute atomic E-state index is 11.8. The molecule has 1 unspecified atom stereocenters. The number of benzene rings is 1. The lowest BCUT2D eigenvalue weighted by Gasteiger charge is -2.19. The molecule has 0 saturated carbocycles. The summed E-state index contributed by atoms with van der Waals surface area (Å²) in [5.41, 5.74) is 7.83. The number of carbonyl (C=O) groups excluding carboxylic acids is 1. The molecule has 4 nitrogen and oxygen atoms in total. The third-order valence-corrected chi connectivity index (χ3v) is 2.88. The molecule has 1 aromatic carbocycles. The van der Waals surface area contributed by atoms with Crippen LogP contribution in [0.5, 0.6) is 5.75 Å². The lowest BCUT2D eigenvalue weighted by Crippen LogP contribution is -2.31. The topological polar surface area (TPSA) is 55.6 Å². The Morgan fingerprint density at radius 3 is 2.68 bits per heavy atom. The zero-order chi connectivity index (χ0) is 14.4. The molecule has 1 rings (SSSR count). The number of rotatable bonds is 6. The highest BCUT2D eigenvalue weighted by molar-refractivity contribution is 5.76. The van der Waals surface area contributed by atoms with E-state index in [0.29, 0.717) is 19.6 Å². The fraction of sp³-hybridized carbons (Fsp3) is 0.533. The van der Waals surface area contributed by atoms with Gasteiger partial charge in [0.05, 0.1) is 6.61 Å². The predicted molar refractivity (Wildman–Crippen MR) is 77.1 cm³/mol. The summed E-state index contributed by atoms with van der Waals surface area (Å²) in [5, 5.41) is 0. The van der Waals surface area contributed by atoms with Crippen LogP contribution in [0, 0.1) is 6.92 Å². The average Bonchev–Trinajstić information content (AvgIpc) is 2.32. The van der Waals surface area contributed by atoms with Crippen LogP contribution in [0.1, 0.15) is 31.4 Å². The molecule has 1 aromatic rings. The van der Waals surface area contributed by atoms with Gasteiger partial charge in [-0.05, 0) is 38.0 Å². The first-order valence-electron chi connectivity index (χ1n) is 6.66. The van der Waals surface area contributed by atoms with E-state index in [1.165, 1.54) is 0 Å². The van der Waals surface area contributed by atoms with Crippen LogP contribution in [-0.2, 0) is 11.3 Å². The van der Waals surface area contributed by atoms with Crippen LogP contribution >= 0.6 is 0 Å². The number of carbonyl (C=O) groups is 1. The van der Waals surface area contributed by atoms with E-state index in [1.54, 1.807) is 11.9 Å². The van der Waals surface area contributed by atoms with E-state index < -0.39 is 0 Å². The standard InChI is InChI=1S/C15H24N2O2/c1-5-19-14-7-6-13(8-11(14)2)10-17(4)15(18)9-12(3)16/h6-8,12H,5,9-10,16H2,1-4H3. The number of ether oxygens (including phenoxy) is 1. The number of nitrogens with zero attached hydrogens (tertiary/aromatic N) is 1. The Hall–Kier alpha value is -1.55. The number of amides is 1. The molecule has 19 heavy (non-hydrogen) atoms. The summed E-state index contributed by atoms with van der Waals surface area (Å²) in [5.74, 6) is 0.970. The Balaban J connectivity index is 2.67. The molecule has 0 saturated heterocycles. The van der Waals surface area contributed by atoms with Crippen molar-refractivity contribution in [2.45, 2.75) is 39.8 Å². The molecule has 2 N–H and O–H groups in total. The normalized spacial score (nSPS) is 12.1. The minimum Gasteiger partial charge on any atom is -0.494 e. The molecular weight excluding hydrogens is 240 g/mol. The first-order chi connectivity index (χ1) is 8.93. The smallest absolute Gasteiger partial charge is 0.224 e. The van der Waals surface area contributed by atoms with Gasteiger partial charge >= 0.3 is 0 Å². The van der Waals surface area contributed by atoms with Crippen molar-refractivity contribution in [3.63, 3.8) is 0 Å². The quantitative estimate of drug-likeness (QED) is 0.856. The van der Waals surface area contributed by atoms with E-state index in [0.717, 1.165) is 16.9 Å². The molecule has 0 radical (unpaired) electrons. The highest BCUT2D eigenvalue weighted by Crippen LogP contribution is 2.20. The van der Waals surface area contributed by atoms with Gasteiger partial charge in [0.2, 0.25) is 5.91 Å². The Labute approximate surface area is 115 Å². The summed E-state index contributed by atoms with van der Waals surface area (Å²) in [7, 11) is 1.80. The second-order valence-corrected chi connectivity index (χ2v) is 4.96. The Bertz CT molecular complexity index is 430. The SMILES string of the molecule is CCOc1ccc(CN(C)C(=O)CC(C)N)cc1C. The van der Waals surface area contributed by atoms with Crippen LogP contribution in [0.4, 0.5) is 0 Å². The van der Waals surface area contributed by atoms with Gasteiger partial charge in [-0.2, -0.15) is 0 Å². The molecule has 0 heterocycles. The zero-order valence-corrected chi connectivity index (χ0v) is 12.3. The highest BCUT2D eigenvalue weighted by Gasteiger charge is 2.11. The summed E-state index contributed by atoms with van der Waals surface area (Å²) in [4.78, 5) is 13.5. The summed E-state index contributed by atoms with van der Waals surface area (Å²) < 4.78 is 5.50. The molecule has 0 aliphatic heterocycles. The van der Waals surface area contributed by atoms with Gasteiger partial charge in [0.15, 0.2) is 0 Å². The van der Waals surface area contributed by atoms with Crippen LogP contribution in [0.25, 0.3) is 0 Å². The molecule has 0 bridgehead atoms. The second kappa shape index (κ2) is 7.14. The Morgan fingerprint density at radius 2 is 2.16 bits per heavy atom. The minimum atomic E-state index is -0.1000. The minimum absolute atomic E-state index is 0.0709. The molecule has 0 fully saturated rings. The van der Waals surface area contributed by atoms with Crippen molar-refractivity contribution < 1.29 is 9.53 Å². The van der Waals surface area contributed by atoms with Gasteiger partial charge in [0.25, 0.3) is 0 Å². The van der Waals surface area contributed by atoms with Gasteiger partial charge in [0, 0.05) is 26.1 Å². The molecule has 106 valence electrons. The van der Waals surface area contributed by atoms with E-state index in [1.807, 2.05) is 32.9 Å². The van der Waals surface area contributed by atoms with E-state index in [2.05, 4.69) is 6.07 Å². The predicted octanol–water partition coefficient (Wildman–Crippen LogP) is 2.09. The van der Waals surface area contributed by atoms with Gasteiger partial charge < -0.3 is 15.4 Å². The Kier molecular flexibility index (Phi) is 5.83. The van der Waals surface area contributed by atoms with Crippen LogP contribution in [0.2, 0.25) is 0 Å². The van der Waals surface area contributed by atoms with Crippen molar-refractivity contribution in [2.24, 2.45) is 5.73 Å². The van der Waals surface area contributed by atoms with Gasteiger partial charge in [0.1, 0.15) is 5.75 Å². The van der Waals surface area contributed by atoms with Crippen molar-refractivity contribution in [2.75, 3.05) is 13.7 Å². The van der Waals surface area contributed by atoms with Gasteiger partial charge in [-0.1, -0.05) is 12.1 Å². The third-order valence-electron chi connectivity index (χ3n) is 2.88. The fourth-order valence-electron chi connectivity index (χ4n) is 1.92. The van der Waals surface area contributed by atoms with Gasteiger partial charge in [-0.3, -0.25) is 4.79 Å². The third kappa shape index (κ3) is 4.91. The van der Waals surface area contributed by atoms with Crippen LogP contribution in [0.3, 0.4) is 0 Å². The van der Waals surface area contributed by atoms with Crippen LogP contribution in [-0.4, -0.2) is 30.5 Å². The molecule has 1 amide bonds. The number of aryl methyl sites for hydroxylation is 1. The highest BCUT2D eigenvalue weighted by atomic mass is 16.5. The van der Waals surface area contributed by atoms with Crippen LogP contribution < -0.4 is 10.5 Å². The van der Waals surface area contributed by atoms with E-state index >= 15 is 0 Å². The molecule has 0 aliphatic carbocycles. The van der Waals surface area contributed by atoms with E-state index in [9.17, 15) is 4.79 Å². The Morgan fingerprint density at radius 1 is 1.47 bits per heavy atom. The molecule has 4 heteroatoms. The second-order valence-electron chi connectivity index (χ2n) is 4.96. The molecule has 0 spiro atoms. The fourth-order valence-corrected chi connectivity index (χ4v) is 1.92. The molecular formula is C15H24N2O2. The summed E-state index contributed by atoms with van der Waals surface area (Å²) in [6, 6.07) is 5.91. The lowest BCUT2D eigenvalue weighted by atomic mass is 10.1. The molecule has 0 aliphatic rings. The zero-order valence-electron chi connectivity index (χ0n) is 12.3. The number of nitrogens with two attached hydrogens (primary N) is 1. The maximum Gasteiger partial charge on any atom is 0.224 e. The summed E-state index contributed by atoms with van der Waals surface area (Å²) in [6.45, 7) is 7.07. The number of hydrogen-bond donors (Lipinski definition) is 1. The average molecular weight is 264 g/mol. The molecule has 0 aromatic heterocycles. The summed E-state index contributed by atoms with van der Waals surface area (Å²) in [6.07, 6.45) is 0.381.